The van der Waals surface area contributed by atoms with E-state index in [1.165, 1.54) is 0 Å². The van der Waals surface area contributed by atoms with E-state index in [0.29, 0.717) is 4.57 Å². The summed E-state index contributed by atoms with van der Waals surface area (Å²) < 4.78 is 334. The fourth-order valence-electron chi connectivity index (χ4n) is 5.71. The maximum Gasteiger partial charge on any atom is 0.0651 e. The van der Waals surface area contributed by atoms with Gasteiger partial charge in [0.2, 0.25) is 0 Å². The highest BCUT2D eigenvalue weighted by atomic mass is 15.1. The fraction of sp³-hybridized carbons (Fsp3) is 0. The van der Waals surface area contributed by atoms with E-state index in [2.05, 4.69) is 0 Å². The van der Waals surface area contributed by atoms with Gasteiger partial charge in [-0.15, -0.1) is 0 Å². The van der Waals surface area contributed by atoms with Crippen molar-refractivity contribution < 1.29 is 50.7 Å². The van der Waals surface area contributed by atoms with E-state index in [-0.39, 0.29) is 4.90 Å². The average molecular weight is 752 g/mol. The van der Waals surface area contributed by atoms with Gasteiger partial charge in [-0.25, -0.2) is 0 Å². The van der Waals surface area contributed by atoms with Crippen molar-refractivity contribution >= 4 is 38.9 Å². The molecule has 1 heterocycles. The number of aromatic nitrogens is 1. The summed E-state index contributed by atoms with van der Waals surface area (Å²) in [6.45, 7) is 0. The number of para-hydroxylation sites is 2. The van der Waals surface area contributed by atoms with Gasteiger partial charge < -0.3 is 9.47 Å². The first-order valence-corrected chi connectivity index (χ1v) is 16.2. The molecule has 0 aliphatic carbocycles. The summed E-state index contributed by atoms with van der Waals surface area (Å²) in [6, 6.07) is -40.2. The number of rotatable bonds is 8. The van der Waals surface area contributed by atoms with Crippen LogP contribution >= 0.6 is 0 Å². The van der Waals surface area contributed by atoms with Gasteiger partial charge in [0.1, 0.15) is 0 Å². The number of anilines is 3. The summed E-state index contributed by atoms with van der Waals surface area (Å²) in [5, 5.41) is -1.46. The second-order valence-electron chi connectivity index (χ2n) is 11.3. The van der Waals surface area contributed by atoms with Gasteiger partial charge in [-0.3, -0.25) is 0 Å². The first-order valence-electron chi connectivity index (χ1n) is 34.7. The smallest absolute Gasteiger partial charge is 0.0651 e. The Morgan fingerprint density at radius 2 is 0.839 bits per heavy atom. The van der Waals surface area contributed by atoms with Crippen molar-refractivity contribution in [3.63, 3.8) is 0 Å². The average Bonchev–Trinajstić information content (AvgIpc) is 1.63. The van der Waals surface area contributed by atoms with Crippen LogP contribution in [-0.2, 0) is 0 Å². The number of fused-ring (bicyclic) bond motifs is 3. The van der Waals surface area contributed by atoms with Gasteiger partial charge in [0, 0.05) is 33.5 Å². The molecule has 0 saturated heterocycles. The lowest BCUT2D eigenvalue weighted by Crippen LogP contribution is -2.10. The molecule has 10 rings (SSSR count). The first-order chi connectivity index (χ1) is 43.2. The molecule has 1 aromatic heterocycles. The zero-order valence-corrected chi connectivity index (χ0v) is 28.0. The lowest BCUT2D eigenvalue weighted by atomic mass is 9.94. The SMILES string of the molecule is [2H]c1cc(-c2c([2H])c([2H])c([2H])c([2H])c2[2H])c(-c2c([2H])c([2H])c(N(c3c([2H])c([2H])c(-c4c([2H])c([2H])c([2H])c([2H])c4[2H])c([2H])c3[2H])c3c([2H])c([2H])c([2H])c(-c4c([2H])c([2H])c5c(c4[2H])c4c([2H])c([2H])c([2H])c([2H])c4n5-c4c([2H])c([2H])c([2H])c([2H])c4[2H])c3[2H])c([2H])c2[2H])c([2H])c1[2H]. The van der Waals surface area contributed by atoms with Crippen LogP contribution in [0.25, 0.3) is 72.0 Å². The zero-order chi connectivity index (χ0) is 69.5. The van der Waals surface area contributed by atoms with Crippen LogP contribution in [0.1, 0.15) is 50.7 Å². The molecular formula is C54H38N2. The Hall–Kier alpha value is -7.42. The van der Waals surface area contributed by atoms with Gasteiger partial charge in [0.25, 0.3) is 0 Å². The maximum atomic E-state index is 10.1. The molecule has 264 valence electrons. The largest absolute Gasteiger partial charge is 0.310 e. The second kappa shape index (κ2) is 14.4. The van der Waals surface area contributed by atoms with Gasteiger partial charge in [0.05, 0.1) is 61.8 Å². The van der Waals surface area contributed by atoms with Crippen molar-refractivity contribution in [1.29, 1.82) is 0 Å². The summed E-state index contributed by atoms with van der Waals surface area (Å²) in [4.78, 5) is 0.206. The summed E-state index contributed by atoms with van der Waals surface area (Å²) in [6.07, 6.45) is 0. The third kappa shape index (κ3) is 6.14. The van der Waals surface area contributed by atoms with Crippen molar-refractivity contribution in [3.05, 3.63) is 230 Å². The lowest BCUT2D eigenvalue weighted by molar-refractivity contribution is 1.18. The van der Waals surface area contributed by atoms with Crippen LogP contribution < -0.4 is 4.90 Å². The van der Waals surface area contributed by atoms with E-state index in [1.807, 2.05) is 0 Å². The van der Waals surface area contributed by atoms with Crippen molar-refractivity contribution in [1.82, 2.24) is 4.57 Å². The molecule has 10 aromatic rings. The number of hydrogen-bond acceptors (Lipinski definition) is 1. The molecule has 0 spiro atoms. The Labute approximate surface area is 379 Å². The Morgan fingerprint density at radius 1 is 0.321 bits per heavy atom. The van der Waals surface area contributed by atoms with Gasteiger partial charge >= 0.3 is 0 Å². The third-order valence-electron chi connectivity index (χ3n) is 8.14. The van der Waals surface area contributed by atoms with Gasteiger partial charge in [-0.1, -0.05) is 163 Å². The van der Waals surface area contributed by atoms with Crippen molar-refractivity contribution in [3.8, 4) is 50.2 Å². The Morgan fingerprint density at radius 3 is 1.57 bits per heavy atom. The zero-order valence-electron chi connectivity index (χ0n) is 65.0. The minimum Gasteiger partial charge on any atom is -0.310 e. The van der Waals surface area contributed by atoms with Crippen LogP contribution in [-0.4, -0.2) is 4.57 Å². The maximum absolute atomic E-state index is 10.1. The quantitative estimate of drug-likeness (QED) is 0.150. The van der Waals surface area contributed by atoms with E-state index < -0.39 is 313 Å². The van der Waals surface area contributed by atoms with Crippen LogP contribution in [0.15, 0.2) is 230 Å². The van der Waals surface area contributed by atoms with Crippen molar-refractivity contribution in [2.45, 2.75) is 0 Å². The summed E-state index contributed by atoms with van der Waals surface area (Å²) in [5.41, 5.74) is -13.6. The van der Waals surface area contributed by atoms with E-state index in [0.717, 1.165) is 6.07 Å². The van der Waals surface area contributed by atoms with Crippen molar-refractivity contribution in [2.75, 3.05) is 4.90 Å². The van der Waals surface area contributed by atoms with Gasteiger partial charge in [0.15, 0.2) is 0 Å². The Bertz CT molecular complexity index is 4980. The topological polar surface area (TPSA) is 8.17 Å². The van der Waals surface area contributed by atoms with Crippen LogP contribution in [0.4, 0.5) is 17.1 Å². The van der Waals surface area contributed by atoms with Crippen LogP contribution in [0.5, 0.6) is 0 Å². The molecule has 0 aliphatic heterocycles. The molecule has 0 atom stereocenters. The molecular weight excluding hydrogens is 677 g/mol. The molecule has 0 aliphatic rings. The van der Waals surface area contributed by atoms with E-state index in [1.54, 1.807) is 0 Å². The highest BCUT2D eigenvalue weighted by Crippen LogP contribution is 2.41. The highest BCUT2D eigenvalue weighted by molar-refractivity contribution is 6.10. The molecule has 0 unspecified atom stereocenters. The molecule has 0 radical (unpaired) electrons. The molecule has 2 heteroatoms. The van der Waals surface area contributed by atoms with Gasteiger partial charge in [-0.05, 0) is 111 Å². The minimum absolute atomic E-state index is 0.206. The van der Waals surface area contributed by atoms with E-state index in [4.69, 9.17) is 30.2 Å². The molecule has 2 nitrogen and oxygen atoms in total. The standard InChI is InChI=1S/C54H38N2/c1-4-15-39(16-5-1)40-27-32-46(33-28-40)55(47-34-29-42(30-35-47)50-24-11-10-23-49(50)41-17-6-2-7-18-41)48-22-14-19-43(37-48)44-31-36-54-52(38-44)51-25-12-13-26-53(51)56(54)45-20-8-3-9-21-45/h1-38H/i1D,2D,3D,4D,5D,6D,7D,8D,9D,10D,11D,12D,13D,14D,15D,16D,17D,18D,19D,20D,21D,22D,24D,25D,26D,27D,28D,29D,30D,31D,32D,33D,34D,35D,36D,37D,38D. The van der Waals surface area contributed by atoms with E-state index >= 15 is 0 Å². The predicted octanol–water partition coefficient (Wildman–Crippen LogP) is 14.9. The second-order valence-corrected chi connectivity index (χ2v) is 11.3. The van der Waals surface area contributed by atoms with Gasteiger partial charge in [-0.2, -0.15) is 0 Å². The fourth-order valence-corrected chi connectivity index (χ4v) is 5.71. The lowest BCUT2D eigenvalue weighted by Gasteiger charge is -2.26. The molecule has 0 fully saturated rings. The highest BCUT2D eigenvalue weighted by Gasteiger charge is 2.17. The third-order valence-corrected chi connectivity index (χ3v) is 8.14. The molecule has 9 aromatic carbocycles. The van der Waals surface area contributed by atoms with Crippen molar-refractivity contribution in [2.24, 2.45) is 0 Å². The van der Waals surface area contributed by atoms with Crippen LogP contribution in [0.3, 0.4) is 0 Å². The normalized spacial score (nSPS) is 20.5. The minimum atomic E-state index is -1.41. The Kier molecular flexibility index (Phi) is 3.17. The number of nitrogens with zero attached hydrogens (tertiary/aromatic N) is 2. The molecule has 0 bridgehead atoms. The first kappa shape index (κ1) is 12.3. The van der Waals surface area contributed by atoms with E-state index in [9.17, 15) is 20.6 Å². The molecule has 0 N–H and O–H groups in total. The molecule has 56 heavy (non-hydrogen) atoms. The molecule has 0 amide bonds. The monoisotopic (exact) mass is 752 g/mol. The summed E-state index contributed by atoms with van der Waals surface area (Å²) in [7, 11) is 0. The predicted molar refractivity (Wildman–Crippen MR) is 237 cm³/mol. The summed E-state index contributed by atoms with van der Waals surface area (Å²) >= 11 is 0. The number of benzene rings is 9. The summed E-state index contributed by atoms with van der Waals surface area (Å²) in [5.74, 6) is 0. The van der Waals surface area contributed by atoms with Crippen LogP contribution in [0.2, 0.25) is 0 Å². The molecule has 0 saturated carbocycles. The number of hydrogen-bond donors (Lipinski definition) is 0. The Balaban J connectivity index is 1.40. The van der Waals surface area contributed by atoms with Crippen LogP contribution in [0, 0.1) is 0 Å².